The first-order chi connectivity index (χ1) is 17.6. The zero-order valence-electron chi connectivity index (χ0n) is 21.6. The van der Waals surface area contributed by atoms with Gasteiger partial charge in [-0.15, -0.1) is 26.2 Å². The number of halogens is 4. The second-order valence-electron chi connectivity index (χ2n) is 8.60. The van der Waals surface area contributed by atoms with Crippen LogP contribution in [0.5, 0.6) is 0 Å². The summed E-state index contributed by atoms with van der Waals surface area (Å²) in [6.45, 7) is 11.1. The average Bonchev–Trinajstić information content (AvgIpc) is 3.52. The summed E-state index contributed by atoms with van der Waals surface area (Å²) in [5.74, 6) is 0. The van der Waals surface area contributed by atoms with E-state index in [-0.39, 0.29) is 0 Å². The Bertz CT molecular complexity index is 448. The van der Waals surface area contributed by atoms with Crippen LogP contribution < -0.4 is 0 Å². The van der Waals surface area contributed by atoms with Crippen molar-refractivity contribution < 1.29 is 22.4 Å². The maximum absolute atomic E-state index is 4.18. The van der Waals surface area contributed by atoms with E-state index in [2.05, 4.69) is 160 Å². The molecular formula is C24H44I4N6Pt2. The average molecular weight is 1310 g/mol. The first kappa shape index (κ1) is 38.9. The fourth-order valence-corrected chi connectivity index (χ4v) is 3.68. The summed E-state index contributed by atoms with van der Waals surface area (Å²) in [7, 11) is 4.13. The molecule has 0 N–H and O–H groups in total. The molecule has 4 aliphatic heterocycles. The van der Waals surface area contributed by atoms with Crippen molar-refractivity contribution in [1.82, 2.24) is 19.6 Å². The minimum atomic E-state index is 0.523. The molecule has 0 aromatic heterocycles. The number of hydrogen-bond acceptors (Lipinski definition) is 4. The van der Waals surface area contributed by atoms with Crippen LogP contribution in [0.2, 0.25) is 0 Å². The molecule has 4 heterocycles. The molecule has 0 bridgehead atoms. The van der Waals surface area contributed by atoms with Crippen LogP contribution in [0.1, 0.15) is 64.2 Å². The van der Waals surface area contributed by atoms with E-state index in [1.165, 1.54) is 64.2 Å². The Labute approximate surface area is 281 Å². The van der Waals surface area contributed by atoms with E-state index in [9.17, 15) is 0 Å². The Morgan fingerprint density at radius 1 is 0.583 bits per heavy atom. The van der Waals surface area contributed by atoms with E-state index >= 15 is 0 Å². The quantitative estimate of drug-likeness (QED) is 0.145. The fourth-order valence-electron chi connectivity index (χ4n) is 3.68. The van der Waals surface area contributed by atoms with Crippen molar-refractivity contribution in [3.8, 4) is 0 Å². The first-order valence-corrected chi connectivity index (χ1v) is 38.3. The summed E-state index contributed by atoms with van der Waals surface area (Å²) in [6, 6.07) is 0. The topological polar surface area (TPSA) is 41.2 Å². The van der Waals surface area contributed by atoms with Gasteiger partial charge in [-0.25, -0.2) is 0 Å². The first-order valence-electron chi connectivity index (χ1n) is 12.5. The van der Waals surface area contributed by atoms with Crippen molar-refractivity contribution in [2.75, 3.05) is 53.4 Å². The zero-order valence-corrected chi connectivity index (χ0v) is 34.8. The van der Waals surface area contributed by atoms with Crippen LogP contribution in [0.15, 0.2) is 24.8 Å². The molecule has 218 valence electrons. The standard InChI is InChI=1S/C14H24N4.2C5H10N.4HI.2Pt/c1-15-9-11-17(13-15)7-5-3-4-6-8-18-12-10-16(2)14-18;2*1-2-4-6-5-3-1;;;;;;/h9-14H,3-8H2,1-2H3;2*1-5H2;4*1H;;/q-2;2*-1;;;;;2*+4/p-4. The summed E-state index contributed by atoms with van der Waals surface area (Å²) >= 11 is 10.6. The van der Waals surface area contributed by atoms with Crippen LogP contribution in [-0.4, -0.2) is 73.0 Å². The molecule has 0 spiro atoms. The molecule has 36 heavy (non-hydrogen) atoms. The summed E-state index contributed by atoms with van der Waals surface area (Å²) in [4.78, 5) is 8.69. The molecule has 0 unspecified atom stereocenters. The number of nitrogens with zero attached hydrogens (tertiary/aromatic N) is 6. The molecule has 0 amide bonds. The van der Waals surface area contributed by atoms with E-state index < -0.39 is 0 Å². The van der Waals surface area contributed by atoms with E-state index in [0.717, 1.165) is 39.3 Å². The molecule has 0 radical (unpaired) electrons. The molecule has 2 fully saturated rings. The van der Waals surface area contributed by atoms with Gasteiger partial charge >= 0.3 is 99.8 Å². The third kappa shape index (κ3) is 27.1. The van der Waals surface area contributed by atoms with Crippen molar-refractivity contribution in [2.24, 2.45) is 0 Å². The number of rotatable bonds is 7. The van der Waals surface area contributed by atoms with Crippen LogP contribution in [0.3, 0.4) is 0 Å². The van der Waals surface area contributed by atoms with Crippen molar-refractivity contribution in [3.05, 3.63) is 48.8 Å². The zero-order chi connectivity index (χ0) is 26.7. The fraction of sp³-hybridized carbons (Fsp3) is 0.750. The van der Waals surface area contributed by atoms with Crippen molar-refractivity contribution in [3.63, 3.8) is 0 Å². The minimum absolute atomic E-state index is 0.523. The van der Waals surface area contributed by atoms with Gasteiger partial charge < -0.3 is 30.2 Å². The molecule has 0 saturated carbocycles. The van der Waals surface area contributed by atoms with Gasteiger partial charge in [0.25, 0.3) is 0 Å². The molecule has 2 saturated heterocycles. The molecule has 6 nitrogen and oxygen atoms in total. The van der Waals surface area contributed by atoms with Gasteiger partial charge in [-0.3, -0.25) is 0 Å². The Morgan fingerprint density at radius 2 is 0.917 bits per heavy atom. The Kier molecular flexibility index (Phi) is 33.3. The van der Waals surface area contributed by atoms with Crippen LogP contribution in [-0.2, 0) is 22.4 Å². The molecular weight excluding hydrogens is 1270 g/mol. The predicted molar refractivity (Wildman–Crippen MR) is 184 cm³/mol. The Morgan fingerprint density at radius 3 is 1.11 bits per heavy atom. The number of hydrogen-bond donors (Lipinski definition) is 0. The van der Waals surface area contributed by atoms with E-state index in [0.29, 0.717) is 22.4 Å². The second-order valence-corrected chi connectivity index (χ2v) is 41.8. The molecule has 0 atom stereocenters. The summed E-state index contributed by atoms with van der Waals surface area (Å²) < 4.78 is 0. The molecule has 0 aromatic rings. The Balaban J connectivity index is 0.000000552. The van der Waals surface area contributed by atoms with Gasteiger partial charge in [-0.2, -0.15) is 13.3 Å². The van der Waals surface area contributed by atoms with Gasteiger partial charge in [0, 0.05) is 0 Å². The monoisotopic (exact) mass is 1310 g/mol. The van der Waals surface area contributed by atoms with Gasteiger partial charge in [-0.05, 0) is 64.8 Å². The van der Waals surface area contributed by atoms with Gasteiger partial charge in [0.05, 0.1) is 0 Å². The van der Waals surface area contributed by atoms with Gasteiger partial charge in [-0.1, -0.05) is 51.4 Å². The van der Waals surface area contributed by atoms with Gasteiger partial charge in [0.15, 0.2) is 0 Å². The van der Waals surface area contributed by atoms with E-state index in [1.807, 2.05) is 0 Å². The summed E-state index contributed by atoms with van der Waals surface area (Å²) in [5, 5.41) is 8.35. The van der Waals surface area contributed by atoms with Gasteiger partial charge in [0.2, 0.25) is 0 Å². The van der Waals surface area contributed by atoms with Crippen molar-refractivity contribution in [1.29, 1.82) is 0 Å². The summed E-state index contributed by atoms with van der Waals surface area (Å²) in [5.41, 5.74) is 0. The van der Waals surface area contributed by atoms with Gasteiger partial charge in [0.1, 0.15) is 0 Å². The molecule has 4 rings (SSSR count). The molecule has 12 heteroatoms. The molecule has 4 aliphatic rings. The van der Waals surface area contributed by atoms with E-state index in [1.54, 1.807) is 0 Å². The van der Waals surface area contributed by atoms with Crippen LogP contribution in [0.4, 0.5) is 0 Å². The maximum atomic E-state index is 4.18. The molecule has 0 aliphatic carbocycles. The second kappa shape index (κ2) is 30.8. The van der Waals surface area contributed by atoms with Crippen molar-refractivity contribution in [2.45, 2.75) is 64.2 Å². The van der Waals surface area contributed by atoms with Crippen LogP contribution in [0.25, 0.3) is 10.6 Å². The van der Waals surface area contributed by atoms with Crippen LogP contribution in [0, 0.1) is 13.3 Å². The van der Waals surface area contributed by atoms with Crippen molar-refractivity contribution >= 4 is 77.4 Å². The third-order valence-corrected chi connectivity index (χ3v) is 5.50. The van der Waals surface area contributed by atoms with E-state index in [4.69, 9.17) is 0 Å². The normalized spacial score (nSPS) is 18.5. The predicted octanol–water partition coefficient (Wildman–Crippen LogP) is 8.85. The number of unbranched alkanes of at least 4 members (excludes halogenated alkanes) is 3. The SMILES string of the molecule is C1CC[N-]CC1.C1CC[N-]CC1.CN1C=CN(CCCCCCN2C=CN(C)[CH-]2)[CH-]1.[I][Pt+2][I].[I][Pt+2][I]. The Hall–Kier alpha value is 2.90. The third-order valence-electron chi connectivity index (χ3n) is 5.50. The summed E-state index contributed by atoms with van der Waals surface area (Å²) in [6.07, 6.45) is 21.8. The molecule has 0 aromatic carbocycles. The van der Waals surface area contributed by atoms with Crippen LogP contribution >= 0.6 is 77.4 Å². The number of piperidine rings is 2.